The molecule has 1 aromatic carbocycles. The summed E-state index contributed by atoms with van der Waals surface area (Å²) in [6, 6.07) is 5.28. The smallest absolute Gasteiger partial charge is 0.268 e. The molecule has 0 aliphatic heterocycles. The van der Waals surface area contributed by atoms with Crippen molar-refractivity contribution in [3.05, 3.63) is 50.6 Å². The molecule has 9 nitrogen and oxygen atoms in total. The second kappa shape index (κ2) is 8.03. The second-order valence-electron chi connectivity index (χ2n) is 6.18. The van der Waals surface area contributed by atoms with Gasteiger partial charge < -0.3 is 15.4 Å². The normalized spacial score (nSPS) is 10.9. The Kier molecular flexibility index (Phi) is 5.71. The molecule has 0 bridgehead atoms. The molecule has 2 heterocycles. The molecule has 10 heteroatoms. The summed E-state index contributed by atoms with van der Waals surface area (Å²) in [5.74, 6) is -0.478. The molecule has 146 valence electrons. The number of halogens is 1. The molecule has 0 aliphatic rings. The number of amides is 1. The summed E-state index contributed by atoms with van der Waals surface area (Å²) in [5.41, 5.74) is 2.81. The number of carbonyl (C=O) groups is 2. The maximum absolute atomic E-state index is 13.2. The van der Waals surface area contributed by atoms with Gasteiger partial charge in [0.2, 0.25) is 5.82 Å². The van der Waals surface area contributed by atoms with Gasteiger partial charge in [-0.2, -0.15) is 4.80 Å². The number of aliphatic hydroxyl groups excluding tert-OH is 1. The van der Waals surface area contributed by atoms with Crippen LogP contribution in [0.1, 0.15) is 37.5 Å². The van der Waals surface area contributed by atoms with Crippen molar-refractivity contribution in [1.82, 2.24) is 30.5 Å². The first-order valence-corrected chi connectivity index (χ1v) is 9.31. The van der Waals surface area contributed by atoms with Crippen molar-refractivity contribution in [2.75, 3.05) is 13.7 Å². The summed E-state index contributed by atoms with van der Waals surface area (Å²) in [4.78, 5) is 29.8. The molecule has 0 saturated carbocycles. The van der Waals surface area contributed by atoms with E-state index in [-0.39, 0.29) is 36.0 Å². The van der Waals surface area contributed by atoms with Crippen LogP contribution in [0.4, 0.5) is 0 Å². The van der Waals surface area contributed by atoms with Crippen LogP contribution in [-0.2, 0) is 6.54 Å². The Morgan fingerprint density at radius 2 is 2.07 bits per heavy atom. The van der Waals surface area contributed by atoms with Gasteiger partial charge in [0.1, 0.15) is 5.69 Å². The summed E-state index contributed by atoms with van der Waals surface area (Å²) in [6.07, 6.45) is 0. The van der Waals surface area contributed by atoms with Crippen molar-refractivity contribution < 1.29 is 14.7 Å². The van der Waals surface area contributed by atoms with E-state index in [4.69, 9.17) is 5.11 Å². The summed E-state index contributed by atoms with van der Waals surface area (Å²) in [5, 5.41) is 23.5. The highest BCUT2D eigenvalue weighted by atomic mass is 79.9. The zero-order valence-corrected chi connectivity index (χ0v) is 17.2. The maximum atomic E-state index is 13.2. The van der Waals surface area contributed by atoms with Crippen LogP contribution in [0.15, 0.2) is 22.7 Å². The number of benzene rings is 1. The first-order chi connectivity index (χ1) is 13.4. The van der Waals surface area contributed by atoms with E-state index >= 15 is 0 Å². The lowest BCUT2D eigenvalue weighted by atomic mass is 9.98. The molecular formula is C18H19BrN6O3. The highest BCUT2D eigenvalue weighted by molar-refractivity contribution is 9.10. The van der Waals surface area contributed by atoms with Crippen LogP contribution in [0.2, 0.25) is 0 Å². The van der Waals surface area contributed by atoms with Crippen LogP contribution < -0.4 is 5.32 Å². The Balaban J connectivity index is 2.13. The minimum absolute atomic E-state index is 0.130. The molecule has 0 fully saturated rings. The van der Waals surface area contributed by atoms with E-state index in [0.717, 1.165) is 10.0 Å². The van der Waals surface area contributed by atoms with Crippen LogP contribution in [0.25, 0.3) is 11.5 Å². The Morgan fingerprint density at radius 3 is 2.71 bits per heavy atom. The number of nitrogens with one attached hydrogen (secondary N) is 2. The number of aromatic nitrogens is 5. The molecule has 0 radical (unpaired) electrons. The minimum Gasteiger partial charge on any atom is -0.394 e. The van der Waals surface area contributed by atoms with E-state index in [1.807, 2.05) is 13.0 Å². The molecule has 3 rings (SSSR count). The van der Waals surface area contributed by atoms with Gasteiger partial charge in [-0.3, -0.25) is 9.59 Å². The molecule has 0 aliphatic carbocycles. The lowest BCUT2D eigenvalue weighted by molar-refractivity contribution is 0.0946. The van der Waals surface area contributed by atoms with E-state index < -0.39 is 5.91 Å². The van der Waals surface area contributed by atoms with Crippen LogP contribution in [-0.4, -0.2) is 55.6 Å². The molecule has 1 amide bonds. The van der Waals surface area contributed by atoms with Gasteiger partial charge in [0.25, 0.3) is 5.91 Å². The SMILES string of the molecule is CNC(=O)c1[nH]c(-c2nnn(CCO)n2)c(C)c1C(=O)c1ccc(C)c(Br)c1. The predicted molar refractivity (Wildman–Crippen MR) is 105 cm³/mol. The first-order valence-electron chi connectivity index (χ1n) is 8.51. The number of hydrogen-bond acceptors (Lipinski definition) is 6. The lowest BCUT2D eigenvalue weighted by Crippen LogP contribution is -2.21. The number of aliphatic hydroxyl groups is 1. The Morgan fingerprint density at radius 1 is 1.32 bits per heavy atom. The van der Waals surface area contributed by atoms with E-state index in [1.165, 1.54) is 11.8 Å². The molecule has 28 heavy (non-hydrogen) atoms. The third kappa shape index (κ3) is 3.60. The molecule has 0 saturated heterocycles. The van der Waals surface area contributed by atoms with Crippen molar-refractivity contribution >= 4 is 27.6 Å². The highest BCUT2D eigenvalue weighted by Crippen LogP contribution is 2.28. The maximum Gasteiger partial charge on any atom is 0.268 e. The lowest BCUT2D eigenvalue weighted by Gasteiger charge is -2.06. The average Bonchev–Trinajstić information content (AvgIpc) is 3.27. The van der Waals surface area contributed by atoms with Crippen LogP contribution in [0.5, 0.6) is 0 Å². The molecule has 0 atom stereocenters. The van der Waals surface area contributed by atoms with E-state index in [2.05, 4.69) is 41.6 Å². The van der Waals surface area contributed by atoms with Crippen molar-refractivity contribution in [2.24, 2.45) is 0 Å². The van der Waals surface area contributed by atoms with Crippen molar-refractivity contribution in [2.45, 2.75) is 20.4 Å². The number of aryl methyl sites for hydroxylation is 1. The van der Waals surface area contributed by atoms with Gasteiger partial charge in [-0.1, -0.05) is 28.1 Å². The number of carbonyl (C=O) groups excluding carboxylic acids is 2. The standard InChI is InChI=1S/C18H19BrN6O3/c1-9-4-5-11(8-12(9)19)16(27)13-10(2)14(21-15(13)18(28)20-3)17-22-24-25(23-17)6-7-26/h4-5,8,21,26H,6-7H2,1-3H3,(H,20,28). The van der Waals surface area contributed by atoms with Crippen molar-refractivity contribution in [3.63, 3.8) is 0 Å². The fourth-order valence-electron chi connectivity index (χ4n) is 2.80. The van der Waals surface area contributed by atoms with Gasteiger partial charge in [0, 0.05) is 17.1 Å². The van der Waals surface area contributed by atoms with Crippen molar-refractivity contribution in [3.8, 4) is 11.5 Å². The fraction of sp³-hybridized carbons (Fsp3) is 0.278. The summed E-state index contributed by atoms with van der Waals surface area (Å²) in [6.45, 7) is 3.71. The van der Waals surface area contributed by atoms with Gasteiger partial charge in [-0.05, 0) is 36.3 Å². The van der Waals surface area contributed by atoms with Crippen molar-refractivity contribution in [1.29, 1.82) is 0 Å². The predicted octanol–water partition coefficient (Wildman–Crippen LogP) is 1.63. The third-order valence-electron chi connectivity index (χ3n) is 4.34. The first kappa shape index (κ1) is 19.9. The topological polar surface area (TPSA) is 126 Å². The Bertz CT molecular complexity index is 1060. The zero-order valence-electron chi connectivity index (χ0n) is 15.6. The quantitative estimate of drug-likeness (QED) is 0.494. The zero-order chi connectivity index (χ0) is 20.4. The third-order valence-corrected chi connectivity index (χ3v) is 5.20. The van der Waals surface area contributed by atoms with Gasteiger partial charge in [0.15, 0.2) is 5.78 Å². The van der Waals surface area contributed by atoms with Crippen LogP contribution in [0.3, 0.4) is 0 Å². The van der Waals surface area contributed by atoms with E-state index in [1.54, 1.807) is 19.1 Å². The fourth-order valence-corrected chi connectivity index (χ4v) is 3.18. The Hall–Kier alpha value is -2.85. The van der Waals surface area contributed by atoms with Crippen LogP contribution >= 0.6 is 15.9 Å². The molecular weight excluding hydrogens is 428 g/mol. The van der Waals surface area contributed by atoms with Gasteiger partial charge in [-0.25, -0.2) is 0 Å². The van der Waals surface area contributed by atoms with Crippen LogP contribution in [0, 0.1) is 13.8 Å². The summed E-state index contributed by atoms with van der Waals surface area (Å²) < 4.78 is 0.807. The number of hydrogen-bond donors (Lipinski definition) is 3. The number of nitrogens with zero attached hydrogens (tertiary/aromatic N) is 4. The van der Waals surface area contributed by atoms with Gasteiger partial charge >= 0.3 is 0 Å². The minimum atomic E-state index is -0.424. The van der Waals surface area contributed by atoms with E-state index in [9.17, 15) is 9.59 Å². The molecule has 0 unspecified atom stereocenters. The number of tetrazole rings is 1. The Labute approximate surface area is 169 Å². The summed E-state index contributed by atoms with van der Waals surface area (Å²) >= 11 is 3.44. The number of rotatable bonds is 6. The number of ketones is 1. The largest absolute Gasteiger partial charge is 0.394 e. The molecule has 2 aromatic heterocycles. The van der Waals surface area contributed by atoms with E-state index in [0.29, 0.717) is 16.8 Å². The molecule has 0 spiro atoms. The van der Waals surface area contributed by atoms with Gasteiger partial charge in [0.05, 0.1) is 24.4 Å². The monoisotopic (exact) mass is 446 g/mol. The summed E-state index contributed by atoms with van der Waals surface area (Å²) in [7, 11) is 1.49. The molecule has 3 N–H and O–H groups in total. The second-order valence-corrected chi connectivity index (χ2v) is 7.03. The number of aromatic amines is 1. The molecule has 3 aromatic rings. The highest BCUT2D eigenvalue weighted by Gasteiger charge is 2.27. The average molecular weight is 447 g/mol. The van der Waals surface area contributed by atoms with Gasteiger partial charge in [-0.15, -0.1) is 10.2 Å². The number of H-pyrrole nitrogens is 1.